The summed E-state index contributed by atoms with van der Waals surface area (Å²) in [4.78, 5) is 40.6. The number of amides is 3. The fraction of sp³-hybridized carbons (Fsp3) is 0.400. The predicted octanol–water partition coefficient (Wildman–Crippen LogP) is 1.90. The molecule has 7 heteroatoms. The van der Waals surface area contributed by atoms with E-state index in [9.17, 15) is 14.4 Å². The number of benzene rings is 2. The van der Waals surface area contributed by atoms with Crippen LogP contribution in [-0.2, 0) is 29.2 Å². The summed E-state index contributed by atoms with van der Waals surface area (Å²) < 4.78 is 0. The molecule has 7 nitrogen and oxygen atoms in total. The van der Waals surface area contributed by atoms with Crippen LogP contribution in [-0.4, -0.2) is 46.7 Å². The van der Waals surface area contributed by atoms with Crippen molar-refractivity contribution in [3.8, 4) is 0 Å². The van der Waals surface area contributed by atoms with Crippen LogP contribution in [0.3, 0.4) is 0 Å². The van der Waals surface area contributed by atoms with Crippen LogP contribution in [0.4, 0.5) is 0 Å². The fourth-order valence-corrected chi connectivity index (χ4v) is 5.16. The Labute approximate surface area is 187 Å². The summed E-state index contributed by atoms with van der Waals surface area (Å²) in [5, 5.41) is 2.35. The Balaban J connectivity index is 1.24. The van der Waals surface area contributed by atoms with Crippen LogP contribution in [0.1, 0.15) is 57.8 Å². The van der Waals surface area contributed by atoms with Crippen LogP contribution in [0.15, 0.2) is 42.5 Å². The van der Waals surface area contributed by atoms with Crippen molar-refractivity contribution in [1.29, 1.82) is 0 Å². The molecule has 0 aromatic heterocycles. The van der Waals surface area contributed by atoms with Gasteiger partial charge in [-0.1, -0.05) is 36.4 Å². The van der Waals surface area contributed by atoms with Gasteiger partial charge in [-0.05, 0) is 53.6 Å². The Hall–Kier alpha value is -3.03. The molecule has 2 aromatic rings. The molecule has 3 heterocycles. The van der Waals surface area contributed by atoms with Crippen LogP contribution < -0.4 is 11.1 Å². The summed E-state index contributed by atoms with van der Waals surface area (Å²) >= 11 is 0. The Morgan fingerprint density at radius 1 is 1.00 bits per heavy atom. The zero-order valence-corrected chi connectivity index (χ0v) is 18.0. The number of nitrogens with two attached hydrogens (primary N) is 1. The molecule has 0 bridgehead atoms. The molecule has 2 atom stereocenters. The van der Waals surface area contributed by atoms with Crippen molar-refractivity contribution >= 4 is 17.7 Å². The van der Waals surface area contributed by atoms with Gasteiger partial charge in [0.15, 0.2) is 0 Å². The van der Waals surface area contributed by atoms with Gasteiger partial charge in [0.2, 0.25) is 11.8 Å². The van der Waals surface area contributed by atoms with E-state index in [4.69, 9.17) is 5.73 Å². The zero-order chi connectivity index (χ0) is 22.2. The van der Waals surface area contributed by atoms with Gasteiger partial charge in [0.05, 0.1) is 0 Å². The lowest BCUT2D eigenvalue weighted by atomic mass is 9.97. The van der Waals surface area contributed by atoms with E-state index in [2.05, 4.69) is 40.5 Å². The van der Waals surface area contributed by atoms with Gasteiger partial charge < -0.3 is 10.6 Å². The van der Waals surface area contributed by atoms with Crippen molar-refractivity contribution in [2.45, 2.75) is 50.9 Å². The Morgan fingerprint density at radius 3 is 2.53 bits per heavy atom. The molecule has 0 spiro atoms. The molecule has 166 valence electrons. The van der Waals surface area contributed by atoms with Crippen molar-refractivity contribution < 1.29 is 14.4 Å². The second-order valence-corrected chi connectivity index (χ2v) is 9.06. The van der Waals surface area contributed by atoms with Gasteiger partial charge in [0.1, 0.15) is 6.04 Å². The van der Waals surface area contributed by atoms with Gasteiger partial charge in [0, 0.05) is 38.2 Å². The van der Waals surface area contributed by atoms with E-state index in [1.54, 1.807) is 4.90 Å². The highest BCUT2D eigenvalue weighted by Crippen LogP contribution is 2.31. The maximum absolute atomic E-state index is 12.9. The molecule has 2 aromatic carbocycles. The van der Waals surface area contributed by atoms with Gasteiger partial charge in [-0.15, -0.1) is 0 Å². The third kappa shape index (κ3) is 3.94. The molecule has 3 aliphatic heterocycles. The van der Waals surface area contributed by atoms with Crippen molar-refractivity contribution in [3.63, 3.8) is 0 Å². The van der Waals surface area contributed by atoms with E-state index in [-0.39, 0.29) is 24.1 Å². The predicted molar refractivity (Wildman–Crippen MR) is 119 cm³/mol. The lowest BCUT2D eigenvalue weighted by molar-refractivity contribution is -0.136. The lowest BCUT2D eigenvalue weighted by Crippen LogP contribution is -2.52. The van der Waals surface area contributed by atoms with Gasteiger partial charge in [-0.25, -0.2) is 0 Å². The number of hydrogen-bond donors (Lipinski definition) is 2. The summed E-state index contributed by atoms with van der Waals surface area (Å²) in [7, 11) is 0. The molecule has 3 N–H and O–H groups in total. The van der Waals surface area contributed by atoms with E-state index in [1.807, 2.05) is 12.1 Å². The summed E-state index contributed by atoms with van der Waals surface area (Å²) in [5.41, 5.74) is 11.0. The maximum Gasteiger partial charge on any atom is 0.255 e. The number of imide groups is 1. The minimum atomic E-state index is -0.568. The number of nitrogens with one attached hydrogen (secondary N) is 1. The van der Waals surface area contributed by atoms with E-state index >= 15 is 0 Å². The highest BCUT2D eigenvalue weighted by molar-refractivity contribution is 6.05. The summed E-state index contributed by atoms with van der Waals surface area (Å²) in [5.74, 6) is -0.230. The van der Waals surface area contributed by atoms with Gasteiger partial charge in [0.25, 0.3) is 5.91 Å². The number of likely N-dealkylation sites (tertiary alicyclic amines) is 1. The number of carbonyl (C=O) groups is 3. The third-order valence-electron chi connectivity index (χ3n) is 6.95. The molecule has 2 saturated heterocycles. The normalized spacial score (nSPS) is 23.5. The molecule has 0 aliphatic carbocycles. The minimum absolute atomic E-state index is 0.122. The molecule has 5 rings (SSSR count). The second kappa shape index (κ2) is 8.48. The third-order valence-corrected chi connectivity index (χ3v) is 6.95. The van der Waals surface area contributed by atoms with E-state index in [1.165, 1.54) is 11.1 Å². The average molecular weight is 433 g/mol. The van der Waals surface area contributed by atoms with Crippen LogP contribution in [0.5, 0.6) is 0 Å². The standard InChI is InChI=1S/C25H28N4O3/c26-12-16-1-4-18(5-2-16)19-9-10-28(14-19)13-17-3-6-21-20(11-17)15-29(25(21)32)22-7-8-23(30)27-24(22)31/h1-6,11,19,22H,7-10,12-15,26H2,(H,27,30,31). The van der Waals surface area contributed by atoms with Gasteiger partial charge in [-0.2, -0.15) is 0 Å². The van der Waals surface area contributed by atoms with Crippen LogP contribution in [0.2, 0.25) is 0 Å². The zero-order valence-electron chi connectivity index (χ0n) is 18.0. The average Bonchev–Trinajstić information content (AvgIpc) is 3.38. The van der Waals surface area contributed by atoms with Crippen LogP contribution >= 0.6 is 0 Å². The molecule has 2 fully saturated rings. The molecule has 3 amide bonds. The Kier molecular flexibility index (Phi) is 5.53. The van der Waals surface area contributed by atoms with Crippen molar-refractivity contribution in [2.24, 2.45) is 5.73 Å². The van der Waals surface area contributed by atoms with E-state index in [0.29, 0.717) is 31.0 Å². The minimum Gasteiger partial charge on any atom is -0.326 e. The van der Waals surface area contributed by atoms with E-state index < -0.39 is 6.04 Å². The number of nitrogens with zero attached hydrogens (tertiary/aromatic N) is 2. The van der Waals surface area contributed by atoms with Crippen LogP contribution in [0.25, 0.3) is 0 Å². The molecule has 0 radical (unpaired) electrons. The first-order valence-electron chi connectivity index (χ1n) is 11.3. The molecular weight excluding hydrogens is 404 g/mol. The molecular formula is C25H28N4O3. The summed E-state index contributed by atoms with van der Waals surface area (Å²) in [6.45, 7) is 3.89. The Bertz CT molecular complexity index is 1070. The monoisotopic (exact) mass is 432 g/mol. The number of hydrogen-bond acceptors (Lipinski definition) is 5. The first kappa shape index (κ1) is 20.8. The molecule has 0 saturated carbocycles. The molecule has 3 aliphatic rings. The topological polar surface area (TPSA) is 95.7 Å². The second-order valence-electron chi connectivity index (χ2n) is 9.06. The number of rotatable bonds is 5. The summed E-state index contributed by atoms with van der Waals surface area (Å²) in [6.07, 6.45) is 1.79. The van der Waals surface area contributed by atoms with Crippen molar-refractivity contribution in [3.05, 3.63) is 70.3 Å². The Morgan fingerprint density at radius 2 is 1.78 bits per heavy atom. The SMILES string of the molecule is NCc1ccc(C2CCN(Cc3ccc4c(c3)CN(C3CCC(=O)NC3=O)C4=O)C2)cc1. The molecule has 2 unspecified atom stereocenters. The van der Waals surface area contributed by atoms with Gasteiger partial charge in [-0.3, -0.25) is 24.6 Å². The van der Waals surface area contributed by atoms with Crippen molar-refractivity contribution in [1.82, 2.24) is 15.1 Å². The van der Waals surface area contributed by atoms with Crippen molar-refractivity contribution in [2.75, 3.05) is 13.1 Å². The number of piperidine rings is 1. The maximum atomic E-state index is 12.9. The molecule has 32 heavy (non-hydrogen) atoms. The first-order chi connectivity index (χ1) is 15.5. The smallest absolute Gasteiger partial charge is 0.255 e. The number of fused-ring (bicyclic) bond motifs is 1. The lowest BCUT2D eigenvalue weighted by Gasteiger charge is -2.29. The largest absolute Gasteiger partial charge is 0.326 e. The van der Waals surface area contributed by atoms with Gasteiger partial charge >= 0.3 is 0 Å². The highest BCUT2D eigenvalue weighted by atomic mass is 16.2. The summed E-state index contributed by atoms with van der Waals surface area (Å²) in [6, 6.07) is 14.1. The fourth-order valence-electron chi connectivity index (χ4n) is 5.16. The first-order valence-corrected chi connectivity index (χ1v) is 11.3. The number of carbonyl (C=O) groups excluding carboxylic acids is 3. The van der Waals surface area contributed by atoms with E-state index in [0.717, 1.165) is 37.2 Å². The quantitative estimate of drug-likeness (QED) is 0.704. The van der Waals surface area contributed by atoms with Crippen LogP contribution in [0, 0.1) is 0 Å². The highest BCUT2D eigenvalue weighted by Gasteiger charge is 2.39.